The zero-order valence-electron chi connectivity index (χ0n) is 15.6. The van der Waals surface area contributed by atoms with Gasteiger partial charge >= 0.3 is 0 Å². The molecule has 1 amide bonds. The van der Waals surface area contributed by atoms with Crippen LogP contribution in [0.3, 0.4) is 0 Å². The molecule has 7 heteroatoms. The average Bonchev–Trinajstić information content (AvgIpc) is 3.19. The first-order chi connectivity index (χ1) is 14.0. The Labute approximate surface area is 178 Å². The van der Waals surface area contributed by atoms with Crippen molar-refractivity contribution in [1.29, 1.82) is 0 Å². The van der Waals surface area contributed by atoms with Crippen molar-refractivity contribution in [3.63, 3.8) is 0 Å². The largest absolute Gasteiger partial charge is 0.450 e. The Balaban J connectivity index is 1.82. The average molecular weight is 467 g/mol. The van der Waals surface area contributed by atoms with Crippen LogP contribution in [-0.2, 0) is 0 Å². The van der Waals surface area contributed by atoms with Crippen LogP contribution in [0.2, 0.25) is 0 Å². The van der Waals surface area contributed by atoms with Crippen LogP contribution in [-0.4, -0.2) is 10.9 Å². The lowest BCUT2D eigenvalue weighted by atomic mass is 9.99. The van der Waals surface area contributed by atoms with E-state index in [2.05, 4.69) is 20.9 Å². The lowest BCUT2D eigenvalue weighted by Crippen LogP contribution is -2.29. The predicted octanol–water partition coefficient (Wildman–Crippen LogP) is 5.38. The predicted molar refractivity (Wildman–Crippen MR) is 117 cm³/mol. The second-order valence-electron chi connectivity index (χ2n) is 6.94. The van der Waals surface area contributed by atoms with E-state index in [4.69, 9.17) is 4.42 Å². The number of amides is 1. The minimum absolute atomic E-state index is 0.0899. The molecule has 0 aliphatic carbocycles. The molecule has 0 fully saturated rings. The van der Waals surface area contributed by atoms with Crippen molar-refractivity contribution < 1.29 is 9.21 Å². The summed E-state index contributed by atoms with van der Waals surface area (Å²) in [5.74, 6) is -0.253. The molecule has 5 nitrogen and oxygen atoms in total. The molecule has 5 rings (SSSR count). The fraction of sp³-hybridized carbons (Fsp3) is 0.136. The standard InChI is InChI=1S/C22H15BrN2O3S/c1-11-12(2)29-22(24-11)25-18(13-7-9-14(23)10-8-13)17-19(26)15-5-3-4-6-16(15)28-20(17)21(25)27/h3-10,18H,1-2H3/t18-/m1/s1. The van der Waals surface area contributed by atoms with E-state index < -0.39 is 6.04 Å². The van der Waals surface area contributed by atoms with Crippen LogP contribution in [0.25, 0.3) is 11.0 Å². The number of aryl methyl sites for hydroxylation is 2. The van der Waals surface area contributed by atoms with E-state index >= 15 is 0 Å². The van der Waals surface area contributed by atoms with E-state index in [0.29, 0.717) is 21.7 Å². The number of thiazole rings is 1. The third-order valence-corrected chi connectivity index (χ3v) is 6.79. The van der Waals surface area contributed by atoms with Crippen molar-refractivity contribution in [3.8, 4) is 0 Å². The molecule has 29 heavy (non-hydrogen) atoms. The first-order valence-electron chi connectivity index (χ1n) is 9.04. The third kappa shape index (κ3) is 2.76. The molecule has 0 radical (unpaired) electrons. The molecule has 144 valence electrons. The third-order valence-electron chi connectivity index (χ3n) is 5.19. The number of rotatable bonds is 2. The summed E-state index contributed by atoms with van der Waals surface area (Å²) in [7, 11) is 0. The number of aromatic nitrogens is 1. The maximum absolute atomic E-state index is 13.4. The fourth-order valence-corrected chi connectivity index (χ4v) is 4.84. The Bertz CT molecular complexity index is 1320. The summed E-state index contributed by atoms with van der Waals surface area (Å²) in [6, 6.07) is 14.0. The van der Waals surface area contributed by atoms with Crippen molar-refractivity contribution in [2.24, 2.45) is 0 Å². The van der Waals surface area contributed by atoms with E-state index in [0.717, 1.165) is 20.6 Å². The Morgan fingerprint density at radius 1 is 1.07 bits per heavy atom. The summed E-state index contributed by atoms with van der Waals surface area (Å²) in [5.41, 5.74) is 2.28. The first kappa shape index (κ1) is 18.3. The second kappa shape index (κ2) is 6.64. The number of para-hydroxylation sites is 1. The van der Waals surface area contributed by atoms with Gasteiger partial charge in [-0.25, -0.2) is 4.98 Å². The normalized spacial score (nSPS) is 15.9. The highest BCUT2D eigenvalue weighted by Crippen LogP contribution is 2.43. The summed E-state index contributed by atoms with van der Waals surface area (Å²) in [6.45, 7) is 3.88. The van der Waals surface area contributed by atoms with Gasteiger partial charge in [0.2, 0.25) is 5.76 Å². The summed E-state index contributed by atoms with van der Waals surface area (Å²) in [6.07, 6.45) is 0. The Morgan fingerprint density at radius 2 is 1.79 bits per heavy atom. The highest BCUT2D eigenvalue weighted by Gasteiger charge is 2.44. The van der Waals surface area contributed by atoms with E-state index in [1.165, 1.54) is 11.3 Å². The number of nitrogens with zero attached hydrogens (tertiary/aromatic N) is 2. The van der Waals surface area contributed by atoms with Crippen LogP contribution in [0.4, 0.5) is 5.13 Å². The minimum Gasteiger partial charge on any atom is -0.450 e. The van der Waals surface area contributed by atoms with Crippen LogP contribution in [0.5, 0.6) is 0 Å². The zero-order valence-corrected chi connectivity index (χ0v) is 18.0. The van der Waals surface area contributed by atoms with Crippen LogP contribution in [0.1, 0.15) is 38.3 Å². The van der Waals surface area contributed by atoms with Crippen molar-refractivity contribution in [1.82, 2.24) is 4.98 Å². The second-order valence-corrected chi connectivity index (χ2v) is 9.03. The van der Waals surface area contributed by atoms with E-state index in [1.54, 1.807) is 29.2 Å². The van der Waals surface area contributed by atoms with Crippen LogP contribution in [0, 0.1) is 13.8 Å². The maximum atomic E-state index is 13.4. The number of hydrogen-bond acceptors (Lipinski definition) is 5. The highest BCUT2D eigenvalue weighted by molar-refractivity contribution is 9.10. The fourth-order valence-electron chi connectivity index (χ4n) is 3.64. The molecule has 0 saturated carbocycles. The van der Waals surface area contributed by atoms with Crippen LogP contribution >= 0.6 is 27.3 Å². The van der Waals surface area contributed by atoms with Gasteiger partial charge in [0.15, 0.2) is 10.6 Å². The Kier molecular flexibility index (Phi) is 4.18. The SMILES string of the molecule is Cc1nc(N2C(=O)c3oc4ccccc4c(=O)c3[C@H]2c2ccc(Br)cc2)sc1C. The van der Waals surface area contributed by atoms with Crippen molar-refractivity contribution in [2.75, 3.05) is 4.90 Å². The molecule has 1 aliphatic rings. The van der Waals surface area contributed by atoms with Gasteiger partial charge in [-0.05, 0) is 43.7 Å². The minimum atomic E-state index is -0.587. The quantitative estimate of drug-likeness (QED) is 0.397. The van der Waals surface area contributed by atoms with Gasteiger partial charge in [0.05, 0.1) is 22.7 Å². The number of hydrogen-bond donors (Lipinski definition) is 0. The summed E-state index contributed by atoms with van der Waals surface area (Å²) < 4.78 is 6.86. The molecule has 1 atom stereocenters. The molecule has 3 heterocycles. The van der Waals surface area contributed by atoms with Gasteiger partial charge in [-0.3, -0.25) is 14.5 Å². The van der Waals surface area contributed by atoms with E-state index in [9.17, 15) is 9.59 Å². The van der Waals surface area contributed by atoms with E-state index in [1.807, 2.05) is 38.1 Å². The molecule has 2 aromatic carbocycles. The first-order valence-corrected chi connectivity index (χ1v) is 10.7. The van der Waals surface area contributed by atoms with Gasteiger partial charge in [-0.1, -0.05) is 40.2 Å². The number of carbonyl (C=O) groups excluding carboxylic acids is 1. The zero-order chi connectivity index (χ0) is 20.3. The molecule has 1 aliphatic heterocycles. The summed E-state index contributed by atoms with van der Waals surface area (Å²) in [5, 5.41) is 1.03. The summed E-state index contributed by atoms with van der Waals surface area (Å²) >= 11 is 4.89. The van der Waals surface area contributed by atoms with Gasteiger partial charge in [-0.15, -0.1) is 11.3 Å². The molecule has 0 bridgehead atoms. The highest BCUT2D eigenvalue weighted by atomic mass is 79.9. The van der Waals surface area contributed by atoms with Gasteiger partial charge in [-0.2, -0.15) is 0 Å². The number of fused-ring (bicyclic) bond motifs is 2. The van der Waals surface area contributed by atoms with Crippen LogP contribution in [0.15, 0.2) is 62.2 Å². The molecular formula is C22H15BrN2O3S. The number of halogens is 1. The number of carbonyl (C=O) groups is 1. The number of anilines is 1. The lowest BCUT2D eigenvalue weighted by molar-refractivity contribution is 0.0971. The molecule has 0 saturated heterocycles. The van der Waals surface area contributed by atoms with E-state index in [-0.39, 0.29) is 17.1 Å². The Morgan fingerprint density at radius 3 is 2.48 bits per heavy atom. The van der Waals surface area contributed by atoms with Crippen LogP contribution < -0.4 is 10.3 Å². The molecular weight excluding hydrogens is 452 g/mol. The van der Waals surface area contributed by atoms with Crippen molar-refractivity contribution in [2.45, 2.75) is 19.9 Å². The van der Waals surface area contributed by atoms with Crippen molar-refractivity contribution in [3.05, 3.63) is 90.7 Å². The topological polar surface area (TPSA) is 63.4 Å². The maximum Gasteiger partial charge on any atom is 0.297 e. The molecule has 0 unspecified atom stereocenters. The summed E-state index contributed by atoms with van der Waals surface area (Å²) in [4.78, 5) is 34.0. The van der Waals surface area contributed by atoms with Gasteiger partial charge < -0.3 is 4.42 Å². The van der Waals surface area contributed by atoms with Crippen molar-refractivity contribution >= 4 is 49.3 Å². The Hall–Kier alpha value is -2.77. The van der Waals surface area contributed by atoms with Gasteiger partial charge in [0.1, 0.15) is 5.58 Å². The van der Waals surface area contributed by atoms with Gasteiger partial charge in [0, 0.05) is 9.35 Å². The number of benzene rings is 2. The monoisotopic (exact) mass is 466 g/mol. The van der Waals surface area contributed by atoms with Gasteiger partial charge in [0.25, 0.3) is 5.91 Å². The molecule has 2 aromatic heterocycles. The molecule has 0 N–H and O–H groups in total. The smallest absolute Gasteiger partial charge is 0.297 e. The molecule has 0 spiro atoms. The lowest BCUT2D eigenvalue weighted by Gasteiger charge is -2.22. The molecule has 4 aromatic rings.